The third-order valence-electron chi connectivity index (χ3n) is 4.06. The van der Waals surface area contributed by atoms with Gasteiger partial charge in [0.15, 0.2) is 0 Å². The molecule has 2 aromatic carbocycles. The zero-order valence-corrected chi connectivity index (χ0v) is 17.0. The summed E-state index contributed by atoms with van der Waals surface area (Å²) in [5.74, 6) is 0.0575. The number of esters is 1. The molecule has 0 saturated carbocycles. The van der Waals surface area contributed by atoms with Crippen molar-refractivity contribution in [1.82, 2.24) is 9.55 Å². The van der Waals surface area contributed by atoms with Crippen LogP contribution in [0, 0.1) is 0 Å². The second-order valence-electron chi connectivity index (χ2n) is 6.20. The Morgan fingerprint density at radius 1 is 1.24 bits per heavy atom. The molecule has 1 N–H and O–H groups in total. The average Bonchev–Trinajstić information content (AvgIpc) is 2.69. The fourth-order valence-electron chi connectivity index (χ4n) is 2.70. The molecule has 9 heteroatoms. The van der Waals surface area contributed by atoms with E-state index in [0.29, 0.717) is 28.5 Å². The third-order valence-corrected chi connectivity index (χ3v) is 4.57. The summed E-state index contributed by atoms with van der Waals surface area (Å²) in [5, 5.41) is 11.1. The fourth-order valence-corrected chi connectivity index (χ4v) is 3.24. The predicted octanol–water partition coefficient (Wildman–Crippen LogP) is 3.32. The number of benzene rings is 2. The summed E-state index contributed by atoms with van der Waals surface area (Å²) in [6.07, 6.45) is 0.355. The minimum atomic E-state index is -0.966. The highest BCUT2D eigenvalue weighted by Gasteiger charge is 2.13. The van der Waals surface area contributed by atoms with Crippen LogP contribution < -0.4 is 10.3 Å². The van der Waals surface area contributed by atoms with Crippen LogP contribution in [0.5, 0.6) is 5.75 Å². The van der Waals surface area contributed by atoms with Crippen molar-refractivity contribution in [1.29, 1.82) is 0 Å². The van der Waals surface area contributed by atoms with Gasteiger partial charge in [-0.15, -0.1) is 0 Å². The Morgan fingerprint density at radius 2 is 1.97 bits per heavy atom. The first kappa shape index (κ1) is 21.1. The molecule has 29 heavy (non-hydrogen) atoms. The molecule has 152 valence electrons. The molecule has 1 heterocycles. The number of aliphatic hydroxyl groups is 1. The number of aromatic nitrogens is 2. The number of rotatable bonds is 7. The van der Waals surface area contributed by atoms with Crippen LogP contribution in [0.4, 0.5) is 0 Å². The van der Waals surface area contributed by atoms with Crippen LogP contribution in [0.15, 0.2) is 47.5 Å². The summed E-state index contributed by atoms with van der Waals surface area (Å²) in [5.41, 5.74) is 0.396. The number of hydrogen-bond acceptors (Lipinski definition) is 6. The molecule has 0 aliphatic rings. The van der Waals surface area contributed by atoms with E-state index in [1.807, 2.05) is 0 Å². The standard InChI is InChI=1S/C20H18Cl2N2O5/c1-2-28-20(27)12-3-5-15(6-4-12)29-10-14(25)9-24-11-23-18-16(19(24)26)7-13(21)8-17(18)22/h3-8,11,14,25H,2,9-10H2,1H3. The van der Waals surface area contributed by atoms with Gasteiger partial charge in [-0.3, -0.25) is 9.36 Å². The monoisotopic (exact) mass is 436 g/mol. The summed E-state index contributed by atoms with van der Waals surface area (Å²) < 4.78 is 11.7. The van der Waals surface area contributed by atoms with Crippen molar-refractivity contribution >= 4 is 40.1 Å². The van der Waals surface area contributed by atoms with Crippen molar-refractivity contribution in [2.45, 2.75) is 19.6 Å². The van der Waals surface area contributed by atoms with Gasteiger partial charge in [0.1, 0.15) is 18.5 Å². The van der Waals surface area contributed by atoms with Gasteiger partial charge >= 0.3 is 5.97 Å². The molecule has 0 radical (unpaired) electrons. The number of aliphatic hydroxyl groups excluding tert-OH is 1. The highest BCUT2D eigenvalue weighted by molar-refractivity contribution is 6.38. The Labute approximate surface area is 176 Å². The van der Waals surface area contributed by atoms with Crippen molar-refractivity contribution in [3.05, 3.63) is 68.7 Å². The van der Waals surface area contributed by atoms with Crippen molar-refractivity contribution in [2.24, 2.45) is 0 Å². The van der Waals surface area contributed by atoms with Crippen molar-refractivity contribution < 1.29 is 19.4 Å². The lowest BCUT2D eigenvalue weighted by Crippen LogP contribution is -2.30. The first-order chi connectivity index (χ1) is 13.9. The van der Waals surface area contributed by atoms with E-state index in [-0.39, 0.29) is 29.1 Å². The zero-order valence-electron chi connectivity index (χ0n) is 15.5. The maximum atomic E-state index is 12.6. The quantitative estimate of drug-likeness (QED) is 0.571. The molecule has 0 bridgehead atoms. The van der Waals surface area contributed by atoms with Crippen LogP contribution in [0.1, 0.15) is 17.3 Å². The molecular formula is C20H18Cl2N2O5. The second kappa shape index (κ2) is 9.26. The van der Waals surface area contributed by atoms with E-state index in [2.05, 4.69) is 4.98 Å². The Balaban J connectivity index is 1.65. The van der Waals surface area contributed by atoms with Gasteiger partial charge in [-0.05, 0) is 43.3 Å². The summed E-state index contributed by atoms with van der Waals surface area (Å²) in [7, 11) is 0. The molecule has 3 rings (SSSR count). The predicted molar refractivity (Wildman–Crippen MR) is 110 cm³/mol. The maximum Gasteiger partial charge on any atom is 0.338 e. The van der Waals surface area contributed by atoms with Crippen LogP contribution in [0.2, 0.25) is 10.0 Å². The van der Waals surface area contributed by atoms with Crippen molar-refractivity contribution in [3.8, 4) is 5.75 Å². The lowest BCUT2D eigenvalue weighted by Gasteiger charge is -2.14. The smallest absolute Gasteiger partial charge is 0.338 e. The summed E-state index contributed by atoms with van der Waals surface area (Å²) in [6.45, 7) is 1.95. The normalized spacial score (nSPS) is 12.0. The van der Waals surface area contributed by atoms with Gasteiger partial charge in [0.05, 0.1) is 41.0 Å². The lowest BCUT2D eigenvalue weighted by atomic mass is 10.2. The highest BCUT2D eigenvalue weighted by Crippen LogP contribution is 2.24. The van der Waals surface area contributed by atoms with Gasteiger partial charge in [-0.25, -0.2) is 9.78 Å². The fraction of sp³-hybridized carbons (Fsp3) is 0.250. The summed E-state index contributed by atoms with van der Waals surface area (Å²) in [4.78, 5) is 28.4. The van der Waals surface area contributed by atoms with E-state index in [1.54, 1.807) is 31.2 Å². The van der Waals surface area contributed by atoms with E-state index >= 15 is 0 Å². The van der Waals surface area contributed by atoms with Crippen molar-refractivity contribution in [2.75, 3.05) is 13.2 Å². The molecule has 1 atom stereocenters. The van der Waals surface area contributed by atoms with Gasteiger partial charge in [-0.2, -0.15) is 0 Å². The van der Waals surface area contributed by atoms with Gasteiger partial charge in [-0.1, -0.05) is 23.2 Å². The molecule has 1 unspecified atom stereocenters. The minimum absolute atomic E-state index is 0.0210. The summed E-state index contributed by atoms with van der Waals surface area (Å²) >= 11 is 12.0. The van der Waals surface area contributed by atoms with E-state index in [9.17, 15) is 14.7 Å². The Morgan fingerprint density at radius 3 is 2.66 bits per heavy atom. The van der Waals surface area contributed by atoms with Crippen molar-refractivity contribution in [3.63, 3.8) is 0 Å². The second-order valence-corrected chi connectivity index (χ2v) is 7.04. The number of fused-ring (bicyclic) bond motifs is 1. The van der Waals surface area contributed by atoms with Crippen LogP contribution in [0.3, 0.4) is 0 Å². The third kappa shape index (κ3) is 5.06. The topological polar surface area (TPSA) is 90.7 Å². The van der Waals surface area contributed by atoms with Gasteiger partial charge in [0, 0.05) is 5.02 Å². The zero-order chi connectivity index (χ0) is 21.0. The summed E-state index contributed by atoms with van der Waals surface area (Å²) in [6, 6.07) is 9.36. The first-order valence-corrected chi connectivity index (χ1v) is 9.57. The number of halogens is 2. The molecule has 0 aliphatic heterocycles. The van der Waals surface area contributed by atoms with Gasteiger partial charge < -0.3 is 14.6 Å². The molecule has 1 aromatic heterocycles. The first-order valence-electron chi connectivity index (χ1n) is 8.81. The van der Waals surface area contributed by atoms with Gasteiger partial charge in [0.25, 0.3) is 5.56 Å². The number of hydrogen-bond donors (Lipinski definition) is 1. The molecule has 0 saturated heterocycles. The molecule has 0 fully saturated rings. The number of carbonyl (C=O) groups excluding carboxylic acids is 1. The van der Waals surface area contributed by atoms with E-state index in [4.69, 9.17) is 32.7 Å². The Bertz CT molecular complexity index is 1080. The number of carbonyl (C=O) groups is 1. The molecule has 3 aromatic rings. The maximum absolute atomic E-state index is 12.6. The van der Waals surface area contributed by atoms with Crippen LogP contribution in [-0.2, 0) is 11.3 Å². The molecule has 7 nitrogen and oxygen atoms in total. The van der Waals surface area contributed by atoms with Crippen LogP contribution >= 0.6 is 23.2 Å². The SMILES string of the molecule is CCOC(=O)c1ccc(OCC(O)Cn2cnc3c(Cl)cc(Cl)cc3c2=O)cc1. The molecule has 0 spiro atoms. The number of ether oxygens (including phenoxy) is 2. The Kier molecular flexibility index (Phi) is 6.74. The molecular weight excluding hydrogens is 419 g/mol. The van der Waals surface area contributed by atoms with Crippen LogP contribution in [0.25, 0.3) is 10.9 Å². The number of nitrogens with zero attached hydrogens (tertiary/aromatic N) is 2. The van der Waals surface area contributed by atoms with Crippen LogP contribution in [-0.4, -0.2) is 39.9 Å². The molecule has 0 amide bonds. The van der Waals surface area contributed by atoms with E-state index in [1.165, 1.54) is 23.0 Å². The Hall–Kier alpha value is -2.61. The lowest BCUT2D eigenvalue weighted by molar-refractivity contribution is 0.0526. The largest absolute Gasteiger partial charge is 0.491 e. The van der Waals surface area contributed by atoms with E-state index in [0.717, 1.165) is 0 Å². The molecule has 0 aliphatic carbocycles. The minimum Gasteiger partial charge on any atom is -0.491 e. The highest BCUT2D eigenvalue weighted by atomic mass is 35.5. The average molecular weight is 437 g/mol. The van der Waals surface area contributed by atoms with E-state index < -0.39 is 12.1 Å². The van der Waals surface area contributed by atoms with Gasteiger partial charge in [0.2, 0.25) is 0 Å².